The maximum Gasteiger partial charge on any atom is 0.343 e. The Labute approximate surface area is 165 Å². The van der Waals surface area contributed by atoms with Crippen LogP contribution in [0.4, 0.5) is 0 Å². The Morgan fingerprint density at radius 2 is 1.72 bits per heavy atom. The van der Waals surface area contributed by atoms with Gasteiger partial charge < -0.3 is 43.8 Å². The second kappa shape index (κ2) is 8.17. The molecule has 0 spiro atoms. The minimum Gasteiger partial charge on any atom is -0.495 e. The number of hydrogen-bond acceptors (Lipinski definition) is 10. The Morgan fingerprint density at radius 3 is 2.31 bits per heavy atom. The van der Waals surface area contributed by atoms with Crippen LogP contribution >= 0.6 is 0 Å². The topological polar surface area (TPSA) is 148 Å². The molecule has 0 bridgehead atoms. The van der Waals surface area contributed by atoms with Crippen LogP contribution in [0.2, 0.25) is 0 Å². The van der Waals surface area contributed by atoms with Gasteiger partial charge in [0, 0.05) is 0 Å². The summed E-state index contributed by atoms with van der Waals surface area (Å²) in [7, 11) is 2.80. The Balaban J connectivity index is 2.17. The van der Waals surface area contributed by atoms with Crippen molar-refractivity contribution in [3.63, 3.8) is 0 Å². The minimum absolute atomic E-state index is 0.00580. The van der Waals surface area contributed by atoms with Crippen molar-refractivity contribution in [2.75, 3.05) is 20.8 Å². The molecule has 1 fully saturated rings. The minimum atomic E-state index is -1.65. The van der Waals surface area contributed by atoms with E-state index in [0.29, 0.717) is 16.7 Å². The fourth-order valence-corrected chi connectivity index (χ4v) is 3.37. The first-order valence-corrected chi connectivity index (χ1v) is 8.91. The third-order valence-corrected chi connectivity index (χ3v) is 4.97. The highest BCUT2D eigenvalue weighted by atomic mass is 16.7. The summed E-state index contributed by atoms with van der Waals surface area (Å²) in [5, 5.41) is 40.0. The molecule has 160 valence electrons. The van der Waals surface area contributed by atoms with E-state index >= 15 is 0 Å². The number of benzene rings is 1. The second-order valence-electron chi connectivity index (χ2n) is 6.79. The monoisotopic (exact) mass is 412 g/mol. The fraction of sp³-hybridized carbons (Fsp3) is 0.526. The number of aryl methyl sites for hydroxylation is 1. The lowest BCUT2D eigenvalue weighted by Crippen LogP contribution is -2.60. The van der Waals surface area contributed by atoms with E-state index in [1.165, 1.54) is 14.2 Å². The zero-order valence-electron chi connectivity index (χ0n) is 16.4. The molecule has 1 aliphatic heterocycles. The fourth-order valence-electron chi connectivity index (χ4n) is 3.37. The smallest absolute Gasteiger partial charge is 0.343 e. The van der Waals surface area contributed by atoms with Gasteiger partial charge in [-0.2, -0.15) is 0 Å². The van der Waals surface area contributed by atoms with Crippen LogP contribution in [0.5, 0.6) is 17.2 Å². The van der Waals surface area contributed by atoms with Crippen molar-refractivity contribution in [2.45, 2.75) is 44.6 Å². The largest absolute Gasteiger partial charge is 0.495 e. The van der Waals surface area contributed by atoms with Crippen LogP contribution in [0.3, 0.4) is 0 Å². The van der Waals surface area contributed by atoms with E-state index in [9.17, 15) is 25.2 Å². The summed E-state index contributed by atoms with van der Waals surface area (Å²) >= 11 is 0. The number of fused-ring (bicyclic) bond motifs is 1. The normalized spacial score (nSPS) is 27.1. The average Bonchev–Trinajstić information content (AvgIpc) is 2.71. The molecular weight excluding hydrogens is 388 g/mol. The Hall–Kier alpha value is -2.37. The summed E-state index contributed by atoms with van der Waals surface area (Å²) in [6.07, 6.45) is -7.45. The predicted octanol–water partition coefficient (Wildman–Crippen LogP) is -0.394. The zero-order chi connectivity index (χ0) is 21.5. The maximum atomic E-state index is 12.3. The van der Waals surface area contributed by atoms with E-state index < -0.39 is 42.9 Å². The molecule has 1 saturated heterocycles. The van der Waals surface area contributed by atoms with Gasteiger partial charge in [-0.05, 0) is 25.5 Å². The van der Waals surface area contributed by atoms with E-state index in [1.807, 2.05) is 0 Å². The van der Waals surface area contributed by atoms with Crippen LogP contribution in [0, 0.1) is 13.8 Å². The molecule has 0 aliphatic carbocycles. The first kappa shape index (κ1) is 21.3. The highest BCUT2D eigenvalue weighted by Gasteiger charge is 2.45. The summed E-state index contributed by atoms with van der Waals surface area (Å²) in [4.78, 5) is 12.3. The van der Waals surface area contributed by atoms with Gasteiger partial charge in [-0.3, -0.25) is 0 Å². The number of aliphatic hydroxyl groups excluding tert-OH is 4. The first-order chi connectivity index (χ1) is 13.7. The van der Waals surface area contributed by atoms with Gasteiger partial charge in [-0.1, -0.05) is 0 Å². The van der Waals surface area contributed by atoms with E-state index in [-0.39, 0.29) is 22.6 Å². The summed E-state index contributed by atoms with van der Waals surface area (Å²) in [6.45, 7) is 2.72. The molecule has 10 heteroatoms. The molecule has 4 N–H and O–H groups in total. The van der Waals surface area contributed by atoms with Crippen LogP contribution in [-0.4, -0.2) is 72.0 Å². The Kier molecular flexibility index (Phi) is 6.01. The van der Waals surface area contributed by atoms with Gasteiger partial charge in [-0.15, -0.1) is 0 Å². The highest BCUT2D eigenvalue weighted by Crippen LogP contribution is 2.43. The standard InChI is InChI=1S/C19H24O10/c1-7-5-9(25-3)16(17-11(7)15(26-4)8(2)18(24)28-17)29-19-14(23)13(22)12(21)10(6-20)27-19/h5,10,12-14,19-23H,6H2,1-4H3/t10-,12-,13+,14-,19+/m1/s1. The molecular formula is C19H24O10. The van der Waals surface area contributed by atoms with Crippen molar-refractivity contribution >= 4 is 11.0 Å². The summed E-state index contributed by atoms with van der Waals surface area (Å²) in [5.74, 6) is 0.420. The van der Waals surface area contributed by atoms with Crippen LogP contribution in [0.15, 0.2) is 15.3 Å². The lowest BCUT2D eigenvalue weighted by atomic mass is 9.99. The first-order valence-electron chi connectivity index (χ1n) is 8.91. The average molecular weight is 412 g/mol. The zero-order valence-corrected chi connectivity index (χ0v) is 16.4. The SMILES string of the molecule is COc1cc(C)c2c(OC)c(C)c(=O)oc2c1O[C@@H]1O[C@H](CO)[C@@H](O)[C@H](O)[C@H]1O. The molecule has 5 atom stereocenters. The molecule has 1 aliphatic rings. The van der Waals surface area contributed by atoms with Crippen LogP contribution in [0.25, 0.3) is 11.0 Å². The van der Waals surface area contributed by atoms with E-state index in [1.54, 1.807) is 19.9 Å². The van der Waals surface area contributed by atoms with Crippen molar-refractivity contribution in [3.05, 3.63) is 27.6 Å². The number of rotatable bonds is 5. The molecule has 29 heavy (non-hydrogen) atoms. The summed E-state index contributed by atoms with van der Waals surface area (Å²) in [6, 6.07) is 1.63. The van der Waals surface area contributed by atoms with Crippen LogP contribution < -0.4 is 19.8 Å². The number of hydrogen-bond donors (Lipinski definition) is 4. The molecule has 2 heterocycles. The molecule has 1 aromatic carbocycles. The Bertz CT molecular complexity index is 950. The van der Waals surface area contributed by atoms with Gasteiger partial charge in [0.25, 0.3) is 0 Å². The van der Waals surface area contributed by atoms with Gasteiger partial charge in [0.05, 0.1) is 31.8 Å². The van der Waals surface area contributed by atoms with Crippen LogP contribution in [-0.2, 0) is 4.74 Å². The van der Waals surface area contributed by atoms with Gasteiger partial charge >= 0.3 is 5.63 Å². The van der Waals surface area contributed by atoms with Gasteiger partial charge in [0.1, 0.15) is 30.2 Å². The van der Waals surface area contributed by atoms with Crippen molar-refractivity contribution in [1.82, 2.24) is 0 Å². The molecule has 3 rings (SSSR count). The quantitative estimate of drug-likeness (QED) is 0.478. The third-order valence-electron chi connectivity index (χ3n) is 4.97. The van der Waals surface area contributed by atoms with Crippen molar-refractivity contribution in [3.8, 4) is 17.2 Å². The lowest BCUT2D eigenvalue weighted by Gasteiger charge is -2.39. The van der Waals surface area contributed by atoms with E-state index in [2.05, 4.69) is 0 Å². The van der Waals surface area contributed by atoms with Crippen molar-refractivity contribution in [2.24, 2.45) is 0 Å². The van der Waals surface area contributed by atoms with E-state index in [0.717, 1.165) is 0 Å². The highest BCUT2D eigenvalue weighted by molar-refractivity contribution is 5.93. The molecule has 0 amide bonds. The third kappa shape index (κ3) is 3.53. The molecule has 10 nitrogen and oxygen atoms in total. The maximum absolute atomic E-state index is 12.3. The number of aliphatic hydroxyl groups is 4. The Morgan fingerprint density at radius 1 is 1.03 bits per heavy atom. The number of ether oxygens (including phenoxy) is 4. The molecule has 0 radical (unpaired) electrons. The van der Waals surface area contributed by atoms with Gasteiger partial charge in [-0.25, -0.2) is 4.79 Å². The lowest BCUT2D eigenvalue weighted by molar-refractivity contribution is -0.277. The molecule has 0 unspecified atom stereocenters. The molecule has 0 saturated carbocycles. The predicted molar refractivity (Wildman–Crippen MR) is 99.5 cm³/mol. The molecule has 2 aromatic rings. The van der Waals surface area contributed by atoms with Crippen LogP contribution in [0.1, 0.15) is 11.1 Å². The number of methoxy groups -OCH3 is 2. The van der Waals surface area contributed by atoms with Gasteiger partial charge in [0.15, 0.2) is 11.3 Å². The second-order valence-corrected chi connectivity index (χ2v) is 6.79. The van der Waals surface area contributed by atoms with Crippen molar-refractivity contribution in [1.29, 1.82) is 0 Å². The van der Waals surface area contributed by atoms with E-state index in [4.69, 9.17) is 23.4 Å². The summed E-state index contributed by atoms with van der Waals surface area (Å²) in [5.41, 5.74) is 0.306. The van der Waals surface area contributed by atoms with Crippen molar-refractivity contribution < 1.29 is 43.8 Å². The summed E-state index contributed by atoms with van der Waals surface area (Å²) < 4.78 is 27.3. The van der Waals surface area contributed by atoms with Gasteiger partial charge in [0.2, 0.25) is 12.0 Å². The molecule has 1 aromatic heterocycles.